The Morgan fingerprint density at radius 2 is 2.17 bits per heavy atom. The minimum Gasteiger partial charge on any atom is -0.325 e. The molecule has 2 aromatic rings. The Hall–Kier alpha value is -1.75. The summed E-state index contributed by atoms with van der Waals surface area (Å²) in [5.74, 6) is -0.234. The molecule has 0 saturated carbocycles. The van der Waals surface area contributed by atoms with Gasteiger partial charge >= 0.3 is 0 Å². The van der Waals surface area contributed by atoms with E-state index in [2.05, 4.69) is 10.3 Å². The van der Waals surface area contributed by atoms with Gasteiger partial charge in [-0.2, -0.15) is 0 Å². The average Bonchev–Trinajstić information content (AvgIpc) is 2.62. The van der Waals surface area contributed by atoms with Crippen LogP contribution in [0.25, 0.3) is 0 Å². The van der Waals surface area contributed by atoms with Crippen molar-refractivity contribution in [1.82, 2.24) is 15.0 Å². The molecule has 1 atom stereocenters. The van der Waals surface area contributed by atoms with Crippen molar-refractivity contribution in [2.75, 3.05) is 0 Å². The van der Waals surface area contributed by atoms with E-state index in [0.29, 0.717) is 12.8 Å². The van der Waals surface area contributed by atoms with E-state index in [0.717, 1.165) is 11.3 Å². The second-order valence-corrected chi connectivity index (χ2v) is 5.02. The zero-order valence-corrected chi connectivity index (χ0v) is 10.6. The van der Waals surface area contributed by atoms with Gasteiger partial charge in [0.15, 0.2) is 0 Å². The molecule has 0 aliphatic rings. The Morgan fingerprint density at radius 3 is 2.78 bits per heavy atom. The molecule has 1 heterocycles. The van der Waals surface area contributed by atoms with E-state index in [1.165, 1.54) is 12.1 Å². The molecule has 0 aliphatic carbocycles. The third-order valence-corrected chi connectivity index (χ3v) is 2.73. The lowest BCUT2D eigenvalue weighted by molar-refractivity contribution is 0.456. The summed E-state index contributed by atoms with van der Waals surface area (Å²) in [6, 6.07) is 6.52. The van der Waals surface area contributed by atoms with E-state index in [-0.39, 0.29) is 5.82 Å². The van der Waals surface area contributed by atoms with Crippen molar-refractivity contribution in [1.29, 1.82) is 0 Å². The second kappa shape index (κ2) is 4.86. The lowest BCUT2D eigenvalue weighted by Gasteiger charge is -2.23. The van der Waals surface area contributed by atoms with Crippen LogP contribution in [-0.4, -0.2) is 20.5 Å². The highest BCUT2D eigenvalue weighted by molar-refractivity contribution is 5.19. The molecule has 0 bridgehead atoms. The van der Waals surface area contributed by atoms with Crippen molar-refractivity contribution in [3.63, 3.8) is 0 Å². The lowest BCUT2D eigenvalue weighted by atomic mass is 9.89. The number of rotatable bonds is 4. The van der Waals surface area contributed by atoms with Crippen LogP contribution in [0.2, 0.25) is 0 Å². The zero-order valence-electron chi connectivity index (χ0n) is 10.6. The van der Waals surface area contributed by atoms with Gasteiger partial charge < -0.3 is 5.73 Å². The van der Waals surface area contributed by atoms with Gasteiger partial charge in [0.1, 0.15) is 5.82 Å². The number of halogens is 1. The lowest BCUT2D eigenvalue weighted by Crippen LogP contribution is -2.41. The zero-order chi connectivity index (χ0) is 13.2. The van der Waals surface area contributed by atoms with Crippen molar-refractivity contribution in [3.8, 4) is 0 Å². The maximum atomic E-state index is 13.1. The van der Waals surface area contributed by atoms with E-state index in [1.54, 1.807) is 10.7 Å². The molecular formula is C13H17FN4. The van der Waals surface area contributed by atoms with Gasteiger partial charge in [-0.1, -0.05) is 17.3 Å². The van der Waals surface area contributed by atoms with Gasteiger partial charge in [0.25, 0.3) is 0 Å². The summed E-state index contributed by atoms with van der Waals surface area (Å²) >= 11 is 0. The van der Waals surface area contributed by atoms with Gasteiger partial charge in [-0.25, -0.2) is 4.39 Å². The van der Waals surface area contributed by atoms with Crippen LogP contribution in [0.5, 0.6) is 0 Å². The molecule has 2 N–H and O–H groups in total. The molecule has 5 heteroatoms. The summed E-state index contributed by atoms with van der Waals surface area (Å²) in [7, 11) is 1.82. The second-order valence-electron chi connectivity index (χ2n) is 5.02. The number of benzene rings is 1. The summed E-state index contributed by atoms with van der Waals surface area (Å²) in [5, 5.41) is 7.89. The summed E-state index contributed by atoms with van der Waals surface area (Å²) in [6.07, 6.45) is 3.05. The maximum absolute atomic E-state index is 13.1. The number of nitrogens with zero attached hydrogens (tertiary/aromatic N) is 3. The van der Waals surface area contributed by atoms with Gasteiger partial charge in [0.2, 0.25) is 0 Å². The first-order valence-electron chi connectivity index (χ1n) is 5.83. The summed E-state index contributed by atoms with van der Waals surface area (Å²) < 4.78 is 14.8. The largest absolute Gasteiger partial charge is 0.325 e. The van der Waals surface area contributed by atoms with Crippen LogP contribution in [0.4, 0.5) is 4.39 Å². The van der Waals surface area contributed by atoms with Gasteiger partial charge in [-0.05, 0) is 31.0 Å². The smallest absolute Gasteiger partial charge is 0.123 e. The first-order valence-corrected chi connectivity index (χ1v) is 5.83. The predicted molar refractivity (Wildman–Crippen MR) is 67.4 cm³/mol. The molecule has 0 aliphatic heterocycles. The first kappa shape index (κ1) is 12.7. The Bertz CT molecular complexity index is 533. The third kappa shape index (κ3) is 3.37. The first-order chi connectivity index (χ1) is 8.44. The molecule has 0 fully saturated rings. The molecule has 0 spiro atoms. The van der Waals surface area contributed by atoms with Crippen LogP contribution in [0.1, 0.15) is 18.2 Å². The molecule has 0 radical (unpaired) electrons. The SMILES string of the molecule is Cn1cc(CC(C)(N)Cc2cccc(F)c2)nn1. The maximum Gasteiger partial charge on any atom is 0.123 e. The average molecular weight is 248 g/mol. The molecule has 1 aromatic carbocycles. The Balaban J connectivity index is 2.07. The molecule has 18 heavy (non-hydrogen) atoms. The Labute approximate surface area is 106 Å². The Kier molecular flexibility index (Phi) is 3.43. The molecule has 96 valence electrons. The predicted octanol–water partition coefficient (Wildman–Crippen LogP) is 1.46. The highest BCUT2D eigenvalue weighted by Crippen LogP contribution is 2.16. The normalized spacial score (nSPS) is 14.4. The highest BCUT2D eigenvalue weighted by atomic mass is 19.1. The molecule has 4 nitrogen and oxygen atoms in total. The van der Waals surface area contributed by atoms with Crippen molar-refractivity contribution in [2.24, 2.45) is 12.8 Å². The molecule has 1 unspecified atom stereocenters. The van der Waals surface area contributed by atoms with E-state index in [4.69, 9.17) is 5.73 Å². The fourth-order valence-corrected chi connectivity index (χ4v) is 2.07. The van der Waals surface area contributed by atoms with E-state index < -0.39 is 5.54 Å². The van der Waals surface area contributed by atoms with Gasteiger partial charge in [-0.15, -0.1) is 5.10 Å². The van der Waals surface area contributed by atoms with Gasteiger partial charge in [-0.3, -0.25) is 4.68 Å². The summed E-state index contributed by atoms with van der Waals surface area (Å²) in [5.41, 5.74) is 7.51. The molecular weight excluding hydrogens is 231 g/mol. The van der Waals surface area contributed by atoms with Crippen LogP contribution in [0, 0.1) is 5.82 Å². The van der Waals surface area contributed by atoms with Crippen molar-refractivity contribution in [2.45, 2.75) is 25.3 Å². The fraction of sp³-hybridized carbons (Fsp3) is 0.385. The number of aryl methyl sites for hydroxylation is 1. The number of hydrogen-bond acceptors (Lipinski definition) is 3. The third-order valence-electron chi connectivity index (χ3n) is 2.73. The van der Waals surface area contributed by atoms with E-state index in [9.17, 15) is 4.39 Å². The summed E-state index contributed by atoms with van der Waals surface area (Å²) in [6.45, 7) is 1.94. The standard InChI is InChI=1S/C13H17FN4/c1-13(15,8-12-9-18(2)17-16-12)7-10-4-3-5-11(14)6-10/h3-6,9H,7-8,15H2,1-2H3. The monoisotopic (exact) mass is 248 g/mol. The van der Waals surface area contributed by atoms with Crippen molar-refractivity contribution in [3.05, 3.63) is 47.5 Å². The van der Waals surface area contributed by atoms with E-state index >= 15 is 0 Å². The van der Waals surface area contributed by atoms with Crippen LogP contribution >= 0.6 is 0 Å². The van der Waals surface area contributed by atoms with Gasteiger partial charge in [0, 0.05) is 25.2 Å². The van der Waals surface area contributed by atoms with Crippen LogP contribution < -0.4 is 5.73 Å². The molecule has 0 saturated heterocycles. The molecule has 1 aromatic heterocycles. The van der Waals surface area contributed by atoms with Crippen LogP contribution in [0.15, 0.2) is 30.5 Å². The van der Waals surface area contributed by atoms with E-state index in [1.807, 2.05) is 26.2 Å². The minimum atomic E-state index is -0.468. The molecule has 0 amide bonds. The van der Waals surface area contributed by atoms with Crippen LogP contribution in [0.3, 0.4) is 0 Å². The topological polar surface area (TPSA) is 56.7 Å². The summed E-state index contributed by atoms with van der Waals surface area (Å²) in [4.78, 5) is 0. The fourth-order valence-electron chi connectivity index (χ4n) is 2.07. The minimum absolute atomic E-state index is 0.234. The number of nitrogens with two attached hydrogens (primary N) is 1. The van der Waals surface area contributed by atoms with Crippen molar-refractivity contribution < 1.29 is 4.39 Å². The number of aromatic nitrogens is 3. The highest BCUT2D eigenvalue weighted by Gasteiger charge is 2.21. The number of hydrogen-bond donors (Lipinski definition) is 1. The Morgan fingerprint density at radius 1 is 1.39 bits per heavy atom. The van der Waals surface area contributed by atoms with Crippen LogP contribution in [-0.2, 0) is 19.9 Å². The van der Waals surface area contributed by atoms with Crippen molar-refractivity contribution >= 4 is 0 Å². The molecule has 2 rings (SSSR count). The van der Waals surface area contributed by atoms with Gasteiger partial charge in [0.05, 0.1) is 5.69 Å². The quantitative estimate of drug-likeness (QED) is 0.891.